The summed E-state index contributed by atoms with van der Waals surface area (Å²) in [6.45, 7) is 6.23. The summed E-state index contributed by atoms with van der Waals surface area (Å²) in [6, 6.07) is 1.52. The molecule has 7 heteroatoms. The maximum Gasteiger partial charge on any atom is 0.354 e. The molecule has 7 nitrogen and oxygen atoms in total. The number of anilines is 1. The number of carboxylic acid groups (broad SMARTS) is 1. The minimum atomic E-state index is -1.05. The zero-order valence-corrected chi connectivity index (χ0v) is 10.9. The van der Waals surface area contributed by atoms with Gasteiger partial charge in [0.05, 0.1) is 13.2 Å². The van der Waals surface area contributed by atoms with Crippen LogP contribution in [-0.2, 0) is 4.74 Å². The smallest absolute Gasteiger partial charge is 0.354 e. The van der Waals surface area contributed by atoms with E-state index in [1.54, 1.807) is 0 Å². The van der Waals surface area contributed by atoms with E-state index in [1.807, 2.05) is 6.92 Å². The molecular formula is C12H18N4O3. The Labute approximate surface area is 111 Å². The lowest BCUT2D eigenvalue weighted by atomic mass is 10.3. The number of aromatic carboxylic acids is 1. The van der Waals surface area contributed by atoms with E-state index in [2.05, 4.69) is 20.2 Å². The van der Waals surface area contributed by atoms with Gasteiger partial charge >= 0.3 is 5.97 Å². The maximum absolute atomic E-state index is 10.8. The van der Waals surface area contributed by atoms with Crippen LogP contribution in [0.1, 0.15) is 17.4 Å². The Morgan fingerprint density at radius 1 is 1.58 bits per heavy atom. The van der Waals surface area contributed by atoms with Gasteiger partial charge in [-0.1, -0.05) is 0 Å². The lowest BCUT2D eigenvalue weighted by Crippen LogP contribution is -2.42. The summed E-state index contributed by atoms with van der Waals surface area (Å²) in [7, 11) is 0. The first kappa shape index (κ1) is 13.7. The molecule has 0 amide bonds. The van der Waals surface area contributed by atoms with Crippen LogP contribution in [0.25, 0.3) is 0 Å². The van der Waals surface area contributed by atoms with Gasteiger partial charge in [0, 0.05) is 31.9 Å². The van der Waals surface area contributed by atoms with E-state index in [0.29, 0.717) is 5.95 Å². The zero-order chi connectivity index (χ0) is 13.7. The van der Waals surface area contributed by atoms with Crippen molar-refractivity contribution in [1.82, 2.24) is 14.9 Å². The van der Waals surface area contributed by atoms with Crippen molar-refractivity contribution in [2.24, 2.45) is 0 Å². The Bertz CT molecular complexity index is 435. The molecule has 0 aliphatic carbocycles. The third kappa shape index (κ3) is 4.15. The highest BCUT2D eigenvalue weighted by Crippen LogP contribution is 2.05. The van der Waals surface area contributed by atoms with Crippen molar-refractivity contribution in [3.63, 3.8) is 0 Å². The summed E-state index contributed by atoms with van der Waals surface area (Å²) >= 11 is 0. The molecule has 2 rings (SSSR count). The average Bonchev–Trinajstić information content (AvgIpc) is 2.40. The summed E-state index contributed by atoms with van der Waals surface area (Å²) in [5.41, 5.74) is -0.00364. The minimum Gasteiger partial charge on any atom is -0.477 e. The topological polar surface area (TPSA) is 87.6 Å². The predicted molar refractivity (Wildman–Crippen MR) is 69.3 cm³/mol. The second-order valence-electron chi connectivity index (χ2n) is 4.53. The Balaban J connectivity index is 1.88. The van der Waals surface area contributed by atoms with Crippen LogP contribution in [0, 0.1) is 0 Å². The summed E-state index contributed by atoms with van der Waals surface area (Å²) in [6.07, 6.45) is 1.44. The minimum absolute atomic E-state index is 0.00364. The number of carbonyl (C=O) groups is 1. The number of hydrogen-bond donors (Lipinski definition) is 2. The molecule has 0 spiro atoms. The average molecular weight is 266 g/mol. The van der Waals surface area contributed by atoms with Gasteiger partial charge in [-0.15, -0.1) is 0 Å². The van der Waals surface area contributed by atoms with E-state index >= 15 is 0 Å². The van der Waals surface area contributed by atoms with Crippen LogP contribution in [0.2, 0.25) is 0 Å². The summed E-state index contributed by atoms with van der Waals surface area (Å²) in [4.78, 5) is 21.1. The van der Waals surface area contributed by atoms with E-state index in [1.165, 1.54) is 12.3 Å². The lowest BCUT2D eigenvalue weighted by molar-refractivity contribution is 0.0367. The summed E-state index contributed by atoms with van der Waals surface area (Å²) < 4.78 is 5.29. The number of hydrogen-bond acceptors (Lipinski definition) is 6. The Morgan fingerprint density at radius 3 is 3.00 bits per heavy atom. The molecule has 2 N–H and O–H groups in total. The quantitative estimate of drug-likeness (QED) is 0.792. The van der Waals surface area contributed by atoms with Crippen molar-refractivity contribution in [3.8, 4) is 0 Å². The molecule has 1 aliphatic heterocycles. The zero-order valence-electron chi connectivity index (χ0n) is 10.9. The molecule has 104 valence electrons. The molecule has 0 bridgehead atoms. The maximum atomic E-state index is 10.8. The highest BCUT2D eigenvalue weighted by molar-refractivity contribution is 5.85. The van der Waals surface area contributed by atoms with Gasteiger partial charge < -0.3 is 15.2 Å². The van der Waals surface area contributed by atoms with E-state index in [4.69, 9.17) is 9.84 Å². The van der Waals surface area contributed by atoms with E-state index in [0.717, 1.165) is 32.8 Å². The molecule has 1 aromatic heterocycles. The molecule has 1 unspecified atom stereocenters. The number of nitrogens with zero attached hydrogens (tertiary/aromatic N) is 3. The van der Waals surface area contributed by atoms with Gasteiger partial charge in [0.25, 0.3) is 0 Å². The molecule has 19 heavy (non-hydrogen) atoms. The van der Waals surface area contributed by atoms with Crippen LogP contribution < -0.4 is 5.32 Å². The van der Waals surface area contributed by atoms with Crippen molar-refractivity contribution in [3.05, 3.63) is 18.0 Å². The monoisotopic (exact) mass is 266 g/mol. The third-order valence-corrected chi connectivity index (χ3v) is 2.89. The van der Waals surface area contributed by atoms with Crippen LogP contribution >= 0.6 is 0 Å². The predicted octanol–water partition coefficient (Wildman–Crippen LogP) is 0.307. The molecule has 1 saturated heterocycles. The van der Waals surface area contributed by atoms with Crippen LogP contribution in [0.4, 0.5) is 5.95 Å². The number of ether oxygens (including phenoxy) is 1. The van der Waals surface area contributed by atoms with Crippen molar-refractivity contribution >= 4 is 11.9 Å². The molecule has 1 aliphatic rings. The van der Waals surface area contributed by atoms with Gasteiger partial charge in [-0.25, -0.2) is 14.8 Å². The molecule has 1 atom stereocenters. The van der Waals surface area contributed by atoms with Crippen molar-refractivity contribution in [2.45, 2.75) is 13.0 Å². The molecule has 2 heterocycles. The van der Waals surface area contributed by atoms with Crippen molar-refractivity contribution in [2.75, 3.05) is 38.2 Å². The van der Waals surface area contributed by atoms with Crippen LogP contribution in [0.5, 0.6) is 0 Å². The largest absolute Gasteiger partial charge is 0.477 e. The molecule has 1 fully saturated rings. The van der Waals surface area contributed by atoms with Crippen molar-refractivity contribution < 1.29 is 14.6 Å². The number of rotatable bonds is 5. The summed E-state index contributed by atoms with van der Waals surface area (Å²) in [5, 5.41) is 12.0. The number of carboxylic acids is 1. The van der Waals surface area contributed by atoms with Gasteiger partial charge in [-0.05, 0) is 13.0 Å². The van der Waals surface area contributed by atoms with E-state index in [-0.39, 0.29) is 11.7 Å². The van der Waals surface area contributed by atoms with Gasteiger partial charge in [0.15, 0.2) is 5.69 Å². The molecule has 0 aromatic carbocycles. The number of morpholine rings is 1. The SMILES string of the molecule is CC(CN1CCOCC1)Nc1nccc(C(=O)O)n1. The van der Waals surface area contributed by atoms with E-state index in [9.17, 15) is 4.79 Å². The van der Waals surface area contributed by atoms with Crippen LogP contribution in [0.15, 0.2) is 12.3 Å². The highest BCUT2D eigenvalue weighted by Gasteiger charge is 2.14. The Kier molecular flexibility index (Phi) is 4.64. The molecule has 1 aromatic rings. The highest BCUT2D eigenvalue weighted by atomic mass is 16.5. The van der Waals surface area contributed by atoms with Crippen LogP contribution in [-0.4, -0.2) is 64.8 Å². The fourth-order valence-electron chi connectivity index (χ4n) is 1.98. The van der Waals surface area contributed by atoms with Crippen molar-refractivity contribution in [1.29, 1.82) is 0 Å². The molecule has 0 saturated carbocycles. The fourth-order valence-corrected chi connectivity index (χ4v) is 1.98. The third-order valence-electron chi connectivity index (χ3n) is 2.89. The van der Waals surface area contributed by atoms with Gasteiger partial charge in [-0.2, -0.15) is 0 Å². The second-order valence-corrected chi connectivity index (χ2v) is 4.53. The Morgan fingerprint density at radius 2 is 2.32 bits per heavy atom. The molecule has 0 radical (unpaired) electrons. The number of aromatic nitrogens is 2. The second kappa shape index (κ2) is 6.44. The first-order valence-corrected chi connectivity index (χ1v) is 6.28. The van der Waals surface area contributed by atoms with Gasteiger partial charge in [0.1, 0.15) is 0 Å². The summed E-state index contributed by atoms with van der Waals surface area (Å²) in [5.74, 6) is -0.702. The normalized spacial score (nSPS) is 17.9. The van der Waals surface area contributed by atoms with Gasteiger partial charge in [-0.3, -0.25) is 4.90 Å². The lowest BCUT2D eigenvalue weighted by Gasteiger charge is -2.29. The first-order chi connectivity index (χ1) is 9.15. The first-order valence-electron chi connectivity index (χ1n) is 6.28. The molecular weight excluding hydrogens is 248 g/mol. The van der Waals surface area contributed by atoms with E-state index < -0.39 is 5.97 Å². The van der Waals surface area contributed by atoms with Gasteiger partial charge in [0.2, 0.25) is 5.95 Å². The fraction of sp³-hybridized carbons (Fsp3) is 0.583. The Hall–Kier alpha value is -1.73. The van der Waals surface area contributed by atoms with Crippen LogP contribution in [0.3, 0.4) is 0 Å². The number of nitrogens with one attached hydrogen (secondary N) is 1. The standard InChI is InChI=1S/C12H18N4O3/c1-9(8-16-4-6-19-7-5-16)14-12-13-3-2-10(15-12)11(17)18/h2-3,9H,4-8H2,1H3,(H,17,18)(H,13,14,15).